The van der Waals surface area contributed by atoms with Crippen molar-refractivity contribution in [3.63, 3.8) is 0 Å². The molecule has 0 aliphatic carbocycles. The Balaban J connectivity index is 2.33. The third-order valence-electron chi connectivity index (χ3n) is 2.02. The number of ether oxygens (including phenoxy) is 1. The molecule has 0 aliphatic rings. The molecule has 0 atom stereocenters. The molecule has 0 aliphatic heterocycles. The van der Waals surface area contributed by atoms with Crippen LogP contribution in [0.25, 0.3) is 0 Å². The van der Waals surface area contributed by atoms with E-state index in [1.54, 1.807) is 0 Å². The standard InChI is InChI=1S/C11H17N3O4/c1-11(2,3)18-10(15)5-4-6-13-8-9(7-12-13)14(16)17/h7-8H,4-6H2,1-3H3. The summed E-state index contributed by atoms with van der Waals surface area (Å²) in [6, 6.07) is 0. The van der Waals surface area contributed by atoms with Crippen LogP contribution in [0.1, 0.15) is 33.6 Å². The van der Waals surface area contributed by atoms with Gasteiger partial charge in [0.15, 0.2) is 0 Å². The number of esters is 1. The molecule has 0 amide bonds. The Morgan fingerprint density at radius 2 is 2.22 bits per heavy atom. The zero-order valence-corrected chi connectivity index (χ0v) is 10.8. The Bertz CT molecular complexity index is 434. The van der Waals surface area contributed by atoms with Crippen molar-refractivity contribution in [3.8, 4) is 0 Å². The van der Waals surface area contributed by atoms with Gasteiger partial charge in [-0.1, -0.05) is 0 Å². The van der Waals surface area contributed by atoms with Crippen LogP contribution in [0.4, 0.5) is 5.69 Å². The van der Waals surface area contributed by atoms with Crippen molar-refractivity contribution in [1.82, 2.24) is 9.78 Å². The molecule has 0 saturated carbocycles. The number of aromatic nitrogens is 2. The number of carbonyl (C=O) groups excluding carboxylic acids is 1. The molecule has 7 heteroatoms. The minimum Gasteiger partial charge on any atom is -0.460 e. The topological polar surface area (TPSA) is 87.3 Å². The second-order valence-corrected chi connectivity index (χ2v) is 4.91. The van der Waals surface area contributed by atoms with Gasteiger partial charge in [-0.2, -0.15) is 5.10 Å². The first kappa shape index (κ1) is 14.1. The Morgan fingerprint density at radius 3 is 2.72 bits per heavy atom. The highest BCUT2D eigenvalue weighted by Crippen LogP contribution is 2.11. The average molecular weight is 255 g/mol. The zero-order valence-electron chi connectivity index (χ0n) is 10.8. The molecule has 0 unspecified atom stereocenters. The third kappa shape index (κ3) is 4.94. The normalized spacial score (nSPS) is 11.3. The summed E-state index contributed by atoms with van der Waals surface area (Å²) < 4.78 is 6.59. The predicted molar refractivity (Wildman–Crippen MR) is 64.0 cm³/mol. The van der Waals surface area contributed by atoms with Gasteiger partial charge >= 0.3 is 11.7 Å². The van der Waals surface area contributed by atoms with Gasteiger partial charge in [0.05, 0.1) is 4.92 Å². The van der Waals surface area contributed by atoms with Gasteiger partial charge < -0.3 is 4.74 Å². The van der Waals surface area contributed by atoms with Gasteiger partial charge in [0, 0.05) is 13.0 Å². The van der Waals surface area contributed by atoms with Crippen LogP contribution in [-0.4, -0.2) is 26.3 Å². The second kappa shape index (κ2) is 5.61. The number of nitrogens with zero attached hydrogens (tertiary/aromatic N) is 3. The highest BCUT2D eigenvalue weighted by Gasteiger charge is 2.16. The molecule has 1 heterocycles. The molecule has 1 rings (SSSR count). The molecule has 0 bridgehead atoms. The maximum absolute atomic E-state index is 11.4. The van der Waals surface area contributed by atoms with Crippen LogP contribution in [0.15, 0.2) is 12.4 Å². The first-order valence-electron chi connectivity index (χ1n) is 5.66. The molecular formula is C11H17N3O4. The summed E-state index contributed by atoms with van der Waals surface area (Å²) in [5.74, 6) is -0.274. The van der Waals surface area contributed by atoms with Crippen molar-refractivity contribution in [2.75, 3.05) is 0 Å². The lowest BCUT2D eigenvalue weighted by Gasteiger charge is -2.19. The van der Waals surface area contributed by atoms with E-state index >= 15 is 0 Å². The van der Waals surface area contributed by atoms with E-state index in [4.69, 9.17) is 4.74 Å². The summed E-state index contributed by atoms with van der Waals surface area (Å²) in [7, 11) is 0. The Morgan fingerprint density at radius 1 is 1.56 bits per heavy atom. The smallest absolute Gasteiger partial charge is 0.306 e. The van der Waals surface area contributed by atoms with Crippen molar-refractivity contribution in [1.29, 1.82) is 0 Å². The van der Waals surface area contributed by atoms with Gasteiger partial charge in [-0.3, -0.25) is 19.6 Å². The Labute approximate surface area is 105 Å². The van der Waals surface area contributed by atoms with E-state index in [-0.39, 0.29) is 18.1 Å². The fourth-order valence-electron chi connectivity index (χ4n) is 1.35. The maximum atomic E-state index is 11.4. The lowest BCUT2D eigenvalue weighted by Crippen LogP contribution is -2.23. The third-order valence-corrected chi connectivity index (χ3v) is 2.02. The van der Waals surface area contributed by atoms with Crippen molar-refractivity contribution in [2.45, 2.75) is 45.8 Å². The van der Waals surface area contributed by atoms with Gasteiger partial charge in [-0.25, -0.2) is 0 Å². The van der Waals surface area contributed by atoms with E-state index in [9.17, 15) is 14.9 Å². The van der Waals surface area contributed by atoms with E-state index in [1.807, 2.05) is 20.8 Å². The minimum atomic E-state index is -0.503. The van der Waals surface area contributed by atoms with Crippen LogP contribution >= 0.6 is 0 Å². The van der Waals surface area contributed by atoms with Crippen LogP contribution in [0.3, 0.4) is 0 Å². The van der Waals surface area contributed by atoms with Crippen LogP contribution in [0.5, 0.6) is 0 Å². The van der Waals surface area contributed by atoms with Crippen LogP contribution in [0.2, 0.25) is 0 Å². The summed E-state index contributed by atoms with van der Waals surface area (Å²) in [6.45, 7) is 5.87. The molecule has 0 aromatic carbocycles. The fraction of sp³-hybridized carbons (Fsp3) is 0.636. The monoisotopic (exact) mass is 255 g/mol. The van der Waals surface area contributed by atoms with Gasteiger partial charge in [0.1, 0.15) is 18.0 Å². The lowest BCUT2D eigenvalue weighted by molar-refractivity contribution is -0.385. The van der Waals surface area contributed by atoms with E-state index in [2.05, 4.69) is 5.10 Å². The molecule has 0 saturated heterocycles. The summed E-state index contributed by atoms with van der Waals surface area (Å²) in [5.41, 5.74) is -0.533. The van der Waals surface area contributed by atoms with Crippen LogP contribution in [0, 0.1) is 10.1 Å². The van der Waals surface area contributed by atoms with Crippen LogP contribution in [-0.2, 0) is 16.1 Å². The van der Waals surface area contributed by atoms with Crippen molar-refractivity contribution in [3.05, 3.63) is 22.5 Å². The van der Waals surface area contributed by atoms with Gasteiger partial charge in [-0.05, 0) is 27.2 Å². The number of aryl methyl sites for hydroxylation is 1. The van der Waals surface area contributed by atoms with Crippen molar-refractivity contribution >= 4 is 11.7 Å². The predicted octanol–water partition coefficient (Wildman–Crippen LogP) is 1.91. The highest BCUT2D eigenvalue weighted by molar-refractivity contribution is 5.69. The number of rotatable bonds is 5. The Hall–Kier alpha value is -1.92. The minimum absolute atomic E-state index is 0.0488. The Kier molecular flexibility index (Phi) is 4.41. The van der Waals surface area contributed by atoms with E-state index in [0.29, 0.717) is 13.0 Å². The first-order chi connectivity index (χ1) is 8.28. The molecular weight excluding hydrogens is 238 g/mol. The number of hydrogen-bond donors (Lipinski definition) is 0. The largest absolute Gasteiger partial charge is 0.460 e. The van der Waals surface area contributed by atoms with Gasteiger partial charge in [0.2, 0.25) is 0 Å². The zero-order chi connectivity index (χ0) is 13.8. The quantitative estimate of drug-likeness (QED) is 0.455. The summed E-state index contributed by atoms with van der Waals surface area (Å²) in [5, 5.41) is 14.3. The van der Waals surface area contributed by atoms with Crippen molar-refractivity contribution < 1.29 is 14.5 Å². The SMILES string of the molecule is CC(C)(C)OC(=O)CCCn1cc([N+](=O)[O-])cn1. The van der Waals surface area contributed by atoms with E-state index in [0.717, 1.165) is 0 Å². The van der Waals surface area contributed by atoms with Crippen LogP contribution < -0.4 is 0 Å². The van der Waals surface area contributed by atoms with Crippen molar-refractivity contribution in [2.24, 2.45) is 0 Å². The maximum Gasteiger partial charge on any atom is 0.306 e. The highest BCUT2D eigenvalue weighted by atomic mass is 16.6. The molecule has 7 nitrogen and oxygen atoms in total. The van der Waals surface area contributed by atoms with E-state index in [1.165, 1.54) is 17.1 Å². The lowest BCUT2D eigenvalue weighted by atomic mass is 10.2. The molecule has 0 radical (unpaired) electrons. The molecule has 100 valence electrons. The molecule has 0 fully saturated rings. The molecule has 0 spiro atoms. The first-order valence-corrected chi connectivity index (χ1v) is 5.66. The molecule has 1 aromatic heterocycles. The molecule has 0 N–H and O–H groups in total. The average Bonchev–Trinajstić information content (AvgIpc) is 2.63. The van der Waals surface area contributed by atoms with Gasteiger partial charge in [0.25, 0.3) is 0 Å². The van der Waals surface area contributed by atoms with E-state index < -0.39 is 10.5 Å². The number of carbonyl (C=O) groups is 1. The molecule has 1 aromatic rings. The summed E-state index contributed by atoms with van der Waals surface area (Å²) in [6.07, 6.45) is 3.33. The fourth-order valence-corrected chi connectivity index (χ4v) is 1.35. The second-order valence-electron chi connectivity index (χ2n) is 4.91. The molecule has 18 heavy (non-hydrogen) atoms. The number of hydrogen-bond acceptors (Lipinski definition) is 5. The summed E-state index contributed by atoms with van der Waals surface area (Å²) in [4.78, 5) is 21.3. The number of nitro groups is 1. The van der Waals surface area contributed by atoms with Gasteiger partial charge in [-0.15, -0.1) is 0 Å². The summed E-state index contributed by atoms with van der Waals surface area (Å²) >= 11 is 0.